The molecule has 0 heterocycles. The standard InChI is InChI=1S/C16H16N2O3/c1-9-3-6-14(12(7-9)16(20)21)18-15(19)11-5-4-10(2)13(17)8-11/h3-8H,17H2,1-2H3,(H,18,19)(H,20,21). The van der Waals surface area contributed by atoms with Gasteiger partial charge in [-0.05, 0) is 43.7 Å². The lowest BCUT2D eigenvalue weighted by Crippen LogP contribution is -2.15. The van der Waals surface area contributed by atoms with Crippen molar-refractivity contribution in [3.05, 3.63) is 58.7 Å². The fraction of sp³-hybridized carbons (Fsp3) is 0.125. The van der Waals surface area contributed by atoms with Crippen molar-refractivity contribution in [2.75, 3.05) is 11.1 Å². The Morgan fingerprint density at radius 3 is 2.43 bits per heavy atom. The summed E-state index contributed by atoms with van der Waals surface area (Å²) >= 11 is 0. The maximum absolute atomic E-state index is 12.2. The molecule has 21 heavy (non-hydrogen) atoms. The van der Waals surface area contributed by atoms with Gasteiger partial charge in [-0.25, -0.2) is 4.79 Å². The zero-order valence-electron chi connectivity index (χ0n) is 11.8. The Balaban J connectivity index is 2.31. The lowest BCUT2D eigenvalue weighted by Gasteiger charge is -2.10. The van der Waals surface area contributed by atoms with E-state index in [0.29, 0.717) is 11.3 Å². The van der Waals surface area contributed by atoms with Crippen LogP contribution in [0.25, 0.3) is 0 Å². The van der Waals surface area contributed by atoms with Crippen molar-refractivity contribution in [1.82, 2.24) is 0 Å². The molecule has 2 aromatic rings. The van der Waals surface area contributed by atoms with E-state index in [1.54, 1.807) is 37.3 Å². The summed E-state index contributed by atoms with van der Waals surface area (Å²) in [6, 6.07) is 9.80. The second kappa shape index (κ2) is 5.66. The molecule has 1 amide bonds. The minimum Gasteiger partial charge on any atom is -0.478 e. The van der Waals surface area contributed by atoms with Gasteiger partial charge < -0.3 is 16.2 Å². The first-order valence-electron chi connectivity index (χ1n) is 6.40. The number of carbonyl (C=O) groups excluding carboxylic acids is 1. The Kier molecular flexibility index (Phi) is 3.93. The van der Waals surface area contributed by atoms with Crippen molar-refractivity contribution in [3.8, 4) is 0 Å². The summed E-state index contributed by atoms with van der Waals surface area (Å²) in [6.45, 7) is 3.64. The van der Waals surface area contributed by atoms with E-state index in [1.807, 2.05) is 6.92 Å². The van der Waals surface area contributed by atoms with E-state index in [1.165, 1.54) is 6.07 Å². The fourth-order valence-electron chi connectivity index (χ4n) is 1.92. The highest BCUT2D eigenvalue weighted by molar-refractivity contribution is 6.08. The lowest BCUT2D eigenvalue weighted by atomic mass is 10.1. The predicted octanol–water partition coefficient (Wildman–Crippen LogP) is 2.84. The summed E-state index contributed by atoms with van der Waals surface area (Å²) in [5, 5.41) is 11.8. The number of nitrogen functional groups attached to an aromatic ring is 1. The number of amides is 1. The molecule has 0 bridgehead atoms. The van der Waals surface area contributed by atoms with E-state index in [4.69, 9.17) is 5.73 Å². The number of carboxylic acid groups (broad SMARTS) is 1. The molecular formula is C16H16N2O3. The van der Waals surface area contributed by atoms with E-state index in [-0.39, 0.29) is 11.3 Å². The molecule has 0 aliphatic rings. The first-order valence-corrected chi connectivity index (χ1v) is 6.40. The Labute approximate surface area is 122 Å². The molecule has 0 atom stereocenters. The van der Waals surface area contributed by atoms with Gasteiger partial charge in [-0.15, -0.1) is 0 Å². The van der Waals surface area contributed by atoms with Crippen LogP contribution in [0.2, 0.25) is 0 Å². The summed E-state index contributed by atoms with van der Waals surface area (Å²) in [5.41, 5.74) is 8.69. The molecular weight excluding hydrogens is 268 g/mol. The second-order valence-corrected chi connectivity index (χ2v) is 4.88. The van der Waals surface area contributed by atoms with Crippen molar-refractivity contribution < 1.29 is 14.7 Å². The highest BCUT2D eigenvalue weighted by Gasteiger charge is 2.14. The molecule has 0 spiro atoms. The quantitative estimate of drug-likeness (QED) is 0.756. The van der Waals surface area contributed by atoms with Gasteiger partial charge in [-0.1, -0.05) is 17.7 Å². The Hall–Kier alpha value is -2.82. The smallest absolute Gasteiger partial charge is 0.337 e. The van der Waals surface area contributed by atoms with Gasteiger partial charge >= 0.3 is 5.97 Å². The van der Waals surface area contributed by atoms with E-state index in [2.05, 4.69) is 5.32 Å². The van der Waals surface area contributed by atoms with Gasteiger partial charge in [-0.3, -0.25) is 4.79 Å². The van der Waals surface area contributed by atoms with Gasteiger partial charge in [-0.2, -0.15) is 0 Å². The lowest BCUT2D eigenvalue weighted by molar-refractivity contribution is 0.0698. The van der Waals surface area contributed by atoms with Crippen LogP contribution in [0.5, 0.6) is 0 Å². The number of aromatic carboxylic acids is 1. The highest BCUT2D eigenvalue weighted by Crippen LogP contribution is 2.19. The summed E-state index contributed by atoms with van der Waals surface area (Å²) in [7, 11) is 0. The number of carboxylic acids is 1. The van der Waals surface area contributed by atoms with Crippen molar-refractivity contribution in [2.24, 2.45) is 0 Å². The van der Waals surface area contributed by atoms with Crippen LogP contribution in [0.15, 0.2) is 36.4 Å². The predicted molar refractivity (Wildman–Crippen MR) is 81.7 cm³/mol. The maximum atomic E-state index is 12.2. The van der Waals surface area contributed by atoms with E-state index < -0.39 is 11.9 Å². The van der Waals surface area contributed by atoms with Gasteiger partial charge in [0, 0.05) is 11.3 Å². The van der Waals surface area contributed by atoms with Crippen LogP contribution in [0.3, 0.4) is 0 Å². The molecule has 0 saturated carbocycles. The van der Waals surface area contributed by atoms with Gasteiger partial charge in [0.05, 0.1) is 11.3 Å². The van der Waals surface area contributed by atoms with Gasteiger partial charge in [0.1, 0.15) is 0 Å². The molecule has 0 aliphatic heterocycles. The minimum absolute atomic E-state index is 0.0587. The number of rotatable bonds is 3. The molecule has 0 fully saturated rings. The van der Waals surface area contributed by atoms with Crippen LogP contribution in [-0.4, -0.2) is 17.0 Å². The summed E-state index contributed by atoms with van der Waals surface area (Å²) in [6.07, 6.45) is 0. The zero-order valence-corrected chi connectivity index (χ0v) is 11.8. The first kappa shape index (κ1) is 14.6. The SMILES string of the molecule is Cc1ccc(NC(=O)c2ccc(C)c(N)c2)c(C(=O)O)c1. The molecule has 0 aromatic heterocycles. The van der Waals surface area contributed by atoms with Gasteiger partial charge in [0.25, 0.3) is 5.91 Å². The third-order valence-corrected chi connectivity index (χ3v) is 3.20. The van der Waals surface area contributed by atoms with Crippen molar-refractivity contribution >= 4 is 23.3 Å². The molecule has 5 nitrogen and oxygen atoms in total. The molecule has 2 rings (SSSR count). The first-order chi connectivity index (χ1) is 9.88. The number of carbonyl (C=O) groups is 2. The van der Waals surface area contributed by atoms with Crippen LogP contribution in [0, 0.1) is 13.8 Å². The fourth-order valence-corrected chi connectivity index (χ4v) is 1.92. The molecule has 0 saturated heterocycles. The van der Waals surface area contributed by atoms with Crippen molar-refractivity contribution in [1.29, 1.82) is 0 Å². The van der Waals surface area contributed by atoms with Crippen molar-refractivity contribution in [2.45, 2.75) is 13.8 Å². The number of aryl methyl sites for hydroxylation is 2. The Bertz CT molecular complexity index is 723. The zero-order chi connectivity index (χ0) is 15.6. The average molecular weight is 284 g/mol. The second-order valence-electron chi connectivity index (χ2n) is 4.88. The molecule has 0 aliphatic carbocycles. The number of nitrogens with two attached hydrogens (primary N) is 1. The summed E-state index contributed by atoms with van der Waals surface area (Å²) < 4.78 is 0. The Morgan fingerprint density at radius 1 is 1.10 bits per heavy atom. The van der Waals surface area contributed by atoms with Crippen LogP contribution in [0.1, 0.15) is 31.8 Å². The molecule has 5 heteroatoms. The van der Waals surface area contributed by atoms with Gasteiger partial charge in [0.15, 0.2) is 0 Å². The molecule has 0 unspecified atom stereocenters. The topological polar surface area (TPSA) is 92.4 Å². The van der Waals surface area contributed by atoms with Crippen LogP contribution < -0.4 is 11.1 Å². The van der Waals surface area contributed by atoms with Gasteiger partial charge in [0.2, 0.25) is 0 Å². The normalized spacial score (nSPS) is 10.2. The number of anilines is 2. The van der Waals surface area contributed by atoms with E-state index in [9.17, 15) is 14.7 Å². The third-order valence-electron chi connectivity index (χ3n) is 3.20. The van der Waals surface area contributed by atoms with Crippen molar-refractivity contribution in [3.63, 3.8) is 0 Å². The third kappa shape index (κ3) is 3.20. The summed E-state index contributed by atoms with van der Waals surface area (Å²) in [5.74, 6) is -1.48. The average Bonchev–Trinajstić information content (AvgIpc) is 2.43. The minimum atomic E-state index is -1.09. The Morgan fingerprint density at radius 2 is 1.81 bits per heavy atom. The van der Waals surface area contributed by atoms with Crippen LogP contribution >= 0.6 is 0 Å². The number of hydrogen-bond donors (Lipinski definition) is 3. The number of hydrogen-bond acceptors (Lipinski definition) is 3. The monoisotopic (exact) mass is 284 g/mol. The summed E-state index contributed by atoms with van der Waals surface area (Å²) in [4.78, 5) is 23.4. The molecule has 2 aromatic carbocycles. The number of nitrogens with one attached hydrogen (secondary N) is 1. The molecule has 108 valence electrons. The highest BCUT2D eigenvalue weighted by atomic mass is 16.4. The van der Waals surface area contributed by atoms with E-state index >= 15 is 0 Å². The van der Waals surface area contributed by atoms with Crippen LogP contribution in [0.4, 0.5) is 11.4 Å². The largest absolute Gasteiger partial charge is 0.478 e. The molecule has 0 radical (unpaired) electrons. The maximum Gasteiger partial charge on any atom is 0.337 e. The number of benzene rings is 2. The molecule has 4 N–H and O–H groups in total. The van der Waals surface area contributed by atoms with E-state index in [0.717, 1.165) is 11.1 Å². The van der Waals surface area contributed by atoms with Crippen LogP contribution in [-0.2, 0) is 0 Å².